The standard InChI is InChI=1S/C13H14N4O2S/c18-12(19)7-9-3-1-2-4-10(9)8-20-13-14-15-16-17(13)11-5-6-11/h1-4,11H,5-8H2,(H,18,19). The molecular formula is C13H14N4O2S. The van der Waals surface area contributed by atoms with Gasteiger partial charge in [0.15, 0.2) is 0 Å². The van der Waals surface area contributed by atoms with Crippen LogP contribution in [0.1, 0.15) is 30.0 Å². The molecular weight excluding hydrogens is 276 g/mol. The average molecular weight is 290 g/mol. The van der Waals surface area contributed by atoms with Crippen molar-refractivity contribution >= 4 is 17.7 Å². The van der Waals surface area contributed by atoms with Crippen LogP contribution >= 0.6 is 11.8 Å². The number of hydrogen-bond acceptors (Lipinski definition) is 5. The summed E-state index contributed by atoms with van der Waals surface area (Å²) in [4.78, 5) is 10.9. The molecule has 3 rings (SSSR count). The highest BCUT2D eigenvalue weighted by Gasteiger charge is 2.27. The van der Waals surface area contributed by atoms with Crippen molar-refractivity contribution in [2.45, 2.75) is 36.2 Å². The van der Waals surface area contributed by atoms with E-state index in [0.29, 0.717) is 11.8 Å². The van der Waals surface area contributed by atoms with Gasteiger partial charge in [-0.2, -0.15) is 0 Å². The van der Waals surface area contributed by atoms with E-state index in [4.69, 9.17) is 5.11 Å². The lowest BCUT2D eigenvalue weighted by atomic mass is 10.1. The summed E-state index contributed by atoms with van der Waals surface area (Å²) in [5.74, 6) is -0.137. The van der Waals surface area contributed by atoms with E-state index in [9.17, 15) is 4.79 Å². The summed E-state index contributed by atoms with van der Waals surface area (Å²) in [5, 5.41) is 21.5. The lowest BCUT2D eigenvalue weighted by Crippen LogP contribution is -2.03. The topological polar surface area (TPSA) is 80.9 Å². The monoisotopic (exact) mass is 290 g/mol. The number of benzene rings is 1. The molecule has 1 fully saturated rings. The van der Waals surface area contributed by atoms with Crippen LogP contribution in [-0.4, -0.2) is 31.3 Å². The van der Waals surface area contributed by atoms with E-state index in [2.05, 4.69) is 15.5 Å². The highest BCUT2D eigenvalue weighted by atomic mass is 32.2. The quantitative estimate of drug-likeness (QED) is 0.819. The summed E-state index contributed by atoms with van der Waals surface area (Å²) in [6.07, 6.45) is 2.31. The Morgan fingerprint density at radius 2 is 2.10 bits per heavy atom. The van der Waals surface area contributed by atoms with E-state index in [1.165, 1.54) is 0 Å². The first-order valence-electron chi connectivity index (χ1n) is 6.43. The van der Waals surface area contributed by atoms with Crippen LogP contribution in [0.5, 0.6) is 0 Å². The van der Waals surface area contributed by atoms with Gasteiger partial charge in [0.25, 0.3) is 0 Å². The molecule has 0 spiro atoms. The van der Waals surface area contributed by atoms with Crippen LogP contribution in [0.3, 0.4) is 0 Å². The minimum Gasteiger partial charge on any atom is -0.481 e. The van der Waals surface area contributed by atoms with Crippen LogP contribution in [0.4, 0.5) is 0 Å². The second-order valence-electron chi connectivity index (χ2n) is 4.77. The Morgan fingerprint density at radius 1 is 1.35 bits per heavy atom. The van der Waals surface area contributed by atoms with E-state index in [1.807, 2.05) is 28.9 Å². The van der Waals surface area contributed by atoms with Gasteiger partial charge in [-0.15, -0.1) is 5.10 Å². The Balaban J connectivity index is 1.71. The Labute approximate surface area is 120 Å². The molecule has 2 aromatic rings. The number of tetrazole rings is 1. The zero-order valence-corrected chi connectivity index (χ0v) is 11.6. The first kappa shape index (κ1) is 13.1. The zero-order chi connectivity index (χ0) is 13.9. The summed E-state index contributed by atoms with van der Waals surface area (Å²) >= 11 is 1.55. The smallest absolute Gasteiger partial charge is 0.307 e. The molecule has 20 heavy (non-hydrogen) atoms. The number of hydrogen-bond donors (Lipinski definition) is 1. The molecule has 1 aromatic carbocycles. The highest BCUT2D eigenvalue weighted by Crippen LogP contribution is 2.37. The lowest BCUT2D eigenvalue weighted by molar-refractivity contribution is -0.136. The highest BCUT2D eigenvalue weighted by molar-refractivity contribution is 7.98. The van der Waals surface area contributed by atoms with Gasteiger partial charge in [0, 0.05) is 5.75 Å². The first-order chi connectivity index (χ1) is 9.74. The van der Waals surface area contributed by atoms with E-state index in [0.717, 1.165) is 29.1 Å². The molecule has 104 valence electrons. The largest absolute Gasteiger partial charge is 0.481 e. The van der Waals surface area contributed by atoms with Crippen LogP contribution < -0.4 is 0 Å². The number of carbonyl (C=O) groups is 1. The number of carboxylic acid groups (broad SMARTS) is 1. The molecule has 1 aliphatic carbocycles. The van der Waals surface area contributed by atoms with Crippen molar-refractivity contribution < 1.29 is 9.90 Å². The van der Waals surface area contributed by atoms with Crippen molar-refractivity contribution in [3.63, 3.8) is 0 Å². The summed E-state index contributed by atoms with van der Waals surface area (Å²) in [6, 6.07) is 8.04. The number of thioether (sulfide) groups is 1. The second-order valence-corrected chi connectivity index (χ2v) is 5.71. The van der Waals surface area contributed by atoms with Gasteiger partial charge >= 0.3 is 5.97 Å². The van der Waals surface area contributed by atoms with Gasteiger partial charge in [0.2, 0.25) is 5.16 Å². The van der Waals surface area contributed by atoms with Gasteiger partial charge in [0.05, 0.1) is 12.5 Å². The Morgan fingerprint density at radius 3 is 2.80 bits per heavy atom. The third-order valence-electron chi connectivity index (χ3n) is 3.17. The number of aromatic nitrogens is 4. The molecule has 1 aromatic heterocycles. The third-order valence-corrected chi connectivity index (χ3v) is 4.15. The van der Waals surface area contributed by atoms with Crippen molar-refractivity contribution in [2.24, 2.45) is 0 Å². The SMILES string of the molecule is O=C(O)Cc1ccccc1CSc1nnnn1C1CC1. The maximum absolute atomic E-state index is 10.9. The van der Waals surface area contributed by atoms with Gasteiger partial charge in [-0.25, -0.2) is 4.68 Å². The van der Waals surface area contributed by atoms with Gasteiger partial charge in [0.1, 0.15) is 0 Å². The molecule has 6 nitrogen and oxygen atoms in total. The molecule has 0 bridgehead atoms. The number of rotatable bonds is 6. The van der Waals surface area contributed by atoms with Crippen LogP contribution in [0, 0.1) is 0 Å². The first-order valence-corrected chi connectivity index (χ1v) is 7.42. The molecule has 0 unspecified atom stereocenters. The number of aliphatic carboxylic acids is 1. The minimum atomic E-state index is -0.815. The van der Waals surface area contributed by atoms with E-state index < -0.39 is 5.97 Å². The lowest BCUT2D eigenvalue weighted by Gasteiger charge is -2.07. The van der Waals surface area contributed by atoms with E-state index >= 15 is 0 Å². The van der Waals surface area contributed by atoms with Crippen molar-refractivity contribution in [3.8, 4) is 0 Å². The normalized spacial score (nSPS) is 14.4. The van der Waals surface area contributed by atoms with Crippen molar-refractivity contribution in [2.75, 3.05) is 0 Å². The predicted octanol–water partition coefficient (Wildman–Crippen LogP) is 1.93. The van der Waals surface area contributed by atoms with Gasteiger partial charge in [-0.1, -0.05) is 36.0 Å². The number of nitrogens with zero attached hydrogens (tertiary/aromatic N) is 4. The van der Waals surface area contributed by atoms with Crippen LogP contribution in [0.2, 0.25) is 0 Å². The molecule has 1 heterocycles. The van der Waals surface area contributed by atoms with Crippen molar-refractivity contribution in [1.29, 1.82) is 0 Å². The molecule has 1 saturated carbocycles. The fourth-order valence-electron chi connectivity index (χ4n) is 2.00. The molecule has 0 amide bonds. The summed E-state index contributed by atoms with van der Waals surface area (Å²) < 4.78 is 1.87. The molecule has 0 saturated heterocycles. The molecule has 7 heteroatoms. The molecule has 0 aliphatic heterocycles. The average Bonchev–Trinajstić information content (AvgIpc) is 3.16. The van der Waals surface area contributed by atoms with Gasteiger partial charge in [-0.3, -0.25) is 4.79 Å². The van der Waals surface area contributed by atoms with Crippen LogP contribution in [-0.2, 0) is 17.0 Å². The van der Waals surface area contributed by atoms with Gasteiger partial charge < -0.3 is 5.11 Å². The Hall–Kier alpha value is -1.89. The maximum atomic E-state index is 10.9. The third kappa shape index (κ3) is 2.98. The van der Waals surface area contributed by atoms with E-state index in [1.54, 1.807) is 11.8 Å². The molecule has 0 radical (unpaired) electrons. The van der Waals surface area contributed by atoms with Crippen molar-refractivity contribution in [1.82, 2.24) is 20.2 Å². The second kappa shape index (κ2) is 5.62. The minimum absolute atomic E-state index is 0.0459. The molecule has 1 aliphatic rings. The summed E-state index contributed by atoms with van der Waals surface area (Å²) in [7, 11) is 0. The van der Waals surface area contributed by atoms with Crippen LogP contribution in [0.15, 0.2) is 29.4 Å². The van der Waals surface area contributed by atoms with Gasteiger partial charge in [-0.05, 0) is 34.4 Å². The predicted molar refractivity (Wildman–Crippen MR) is 73.4 cm³/mol. The fraction of sp³-hybridized carbons (Fsp3) is 0.385. The molecule has 1 N–H and O–H groups in total. The summed E-state index contributed by atoms with van der Waals surface area (Å²) in [5.41, 5.74) is 1.86. The Kier molecular flexibility index (Phi) is 3.68. The zero-order valence-electron chi connectivity index (χ0n) is 10.8. The Bertz CT molecular complexity index is 624. The maximum Gasteiger partial charge on any atom is 0.307 e. The fourth-order valence-corrected chi connectivity index (χ4v) is 2.98. The van der Waals surface area contributed by atoms with E-state index in [-0.39, 0.29) is 6.42 Å². The summed E-state index contributed by atoms with van der Waals surface area (Å²) in [6.45, 7) is 0. The molecule has 0 atom stereocenters. The van der Waals surface area contributed by atoms with Crippen molar-refractivity contribution in [3.05, 3.63) is 35.4 Å². The number of carboxylic acids is 1. The van der Waals surface area contributed by atoms with Crippen LogP contribution in [0.25, 0.3) is 0 Å².